The van der Waals surface area contributed by atoms with E-state index in [1.165, 1.54) is 14.2 Å². The molecule has 2 aromatic carbocycles. The number of ether oxygens (including phenoxy) is 4. The molecular weight excluding hydrogens is 476 g/mol. The van der Waals surface area contributed by atoms with E-state index < -0.39 is 0 Å². The van der Waals surface area contributed by atoms with Crippen molar-refractivity contribution < 1.29 is 38.7 Å². The van der Waals surface area contributed by atoms with E-state index in [1.54, 1.807) is 30.5 Å². The third-order valence-corrected chi connectivity index (χ3v) is 4.97. The Morgan fingerprint density at radius 2 is 1.24 bits per heavy atom. The standard InChI is InChI=1S/C14H20O4.C14H18O4.CH4/c2*1-17-14(16)13-6-4-12(5-7-13)8-11-18-10-3-2-9-15;/h4-7,15H,2-3,8-11H2,1H3;4-8,11,15H,2-3,9-10H2,1H3;1H4/b;11-8+;. The summed E-state index contributed by atoms with van der Waals surface area (Å²) >= 11 is 0. The number of unbranched alkanes of at least 4 members (excludes halogenated alkanes) is 2. The normalized spacial score (nSPS) is 10.2. The zero-order chi connectivity index (χ0) is 26.4. The maximum absolute atomic E-state index is 11.2. The quantitative estimate of drug-likeness (QED) is 0.199. The average molecular weight is 519 g/mol. The number of carbonyl (C=O) groups excluding carboxylic acids is 2. The average Bonchev–Trinajstić information content (AvgIpc) is 2.92. The van der Waals surface area contributed by atoms with Crippen molar-refractivity contribution in [3.05, 3.63) is 77.0 Å². The monoisotopic (exact) mass is 518 g/mol. The second kappa shape index (κ2) is 22.0. The molecule has 0 saturated heterocycles. The van der Waals surface area contributed by atoms with Gasteiger partial charge in [0.2, 0.25) is 0 Å². The highest BCUT2D eigenvalue weighted by Crippen LogP contribution is 2.08. The zero-order valence-corrected chi connectivity index (χ0v) is 21.2. The number of methoxy groups -OCH3 is 2. The molecule has 0 aliphatic heterocycles. The highest BCUT2D eigenvalue weighted by Gasteiger charge is 2.04. The van der Waals surface area contributed by atoms with E-state index in [4.69, 9.17) is 19.7 Å². The van der Waals surface area contributed by atoms with Crippen LogP contribution in [0.15, 0.2) is 54.8 Å². The van der Waals surface area contributed by atoms with Crippen molar-refractivity contribution in [2.24, 2.45) is 0 Å². The van der Waals surface area contributed by atoms with Gasteiger partial charge in [-0.25, -0.2) is 9.59 Å². The number of carbonyl (C=O) groups is 2. The molecule has 0 aromatic heterocycles. The summed E-state index contributed by atoms with van der Waals surface area (Å²) in [6.07, 6.45) is 7.51. The minimum Gasteiger partial charge on any atom is -0.501 e. The summed E-state index contributed by atoms with van der Waals surface area (Å²) in [5.74, 6) is -0.660. The predicted octanol–water partition coefficient (Wildman–Crippen LogP) is 4.67. The highest BCUT2D eigenvalue weighted by molar-refractivity contribution is 5.89. The molecule has 0 heterocycles. The number of hydrogen-bond donors (Lipinski definition) is 2. The fourth-order valence-corrected chi connectivity index (χ4v) is 2.87. The van der Waals surface area contributed by atoms with Crippen LogP contribution in [0, 0.1) is 0 Å². The van der Waals surface area contributed by atoms with Gasteiger partial charge in [0, 0.05) is 19.8 Å². The maximum Gasteiger partial charge on any atom is 0.337 e. The van der Waals surface area contributed by atoms with Crippen LogP contribution in [-0.2, 0) is 25.4 Å². The minimum atomic E-state index is -0.342. The van der Waals surface area contributed by atoms with E-state index in [-0.39, 0.29) is 32.6 Å². The molecule has 0 atom stereocenters. The van der Waals surface area contributed by atoms with Gasteiger partial charge in [-0.05, 0) is 73.6 Å². The summed E-state index contributed by atoms with van der Waals surface area (Å²) in [6, 6.07) is 14.4. The molecule has 0 spiro atoms. The lowest BCUT2D eigenvalue weighted by molar-refractivity contribution is 0.0592. The Hall–Kier alpha value is -3.20. The highest BCUT2D eigenvalue weighted by atomic mass is 16.5. The Bertz CT molecular complexity index is 876. The summed E-state index contributed by atoms with van der Waals surface area (Å²) in [6.45, 7) is 2.35. The van der Waals surface area contributed by atoms with Gasteiger partial charge >= 0.3 is 11.9 Å². The van der Waals surface area contributed by atoms with Crippen molar-refractivity contribution in [2.75, 3.05) is 47.3 Å². The first-order valence-corrected chi connectivity index (χ1v) is 12.0. The van der Waals surface area contributed by atoms with Gasteiger partial charge in [-0.15, -0.1) is 0 Å². The summed E-state index contributed by atoms with van der Waals surface area (Å²) in [5.41, 5.74) is 3.17. The summed E-state index contributed by atoms with van der Waals surface area (Å²) in [4.78, 5) is 22.4. The SMILES string of the molecule is C.COC(=O)c1ccc(/C=C/OCCCCO)cc1.COC(=O)c1ccc(CCOCCCCO)cc1. The van der Waals surface area contributed by atoms with Crippen LogP contribution in [0.4, 0.5) is 0 Å². The molecule has 0 radical (unpaired) electrons. The Labute approximate surface area is 220 Å². The number of esters is 2. The summed E-state index contributed by atoms with van der Waals surface area (Å²) < 4.78 is 19.9. The van der Waals surface area contributed by atoms with Crippen LogP contribution >= 0.6 is 0 Å². The third-order valence-electron chi connectivity index (χ3n) is 4.97. The van der Waals surface area contributed by atoms with Crippen molar-refractivity contribution >= 4 is 18.0 Å². The van der Waals surface area contributed by atoms with E-state index >= 15 is 0 Å². The molecule has 0 aliphatic carbocycles. The zero-order valence-electron chi connectivity index (χ0n) is 21.2. The second-order valence-electron chi connectivity index (χ2n) is 7.70. The van der Waals surface area contributed by atoms with E-state index in [9.17, 15) is 9.59 Å². The van der Waals surface area contributed by atoms with E-state index in [2.05, 4.69) is 9.47 Å². The lowest BCUT2D eigenvalue weighted by atomic mass is 10.1. The van der Waals surface area contributed by atoms with Crippen LogP contribution in [0.25, 0.3) is 6.08 Å². The fraction of sp³-hybridized carbons (Fsp3) is 0.448. The van der Waals surface area contributed by atoms with Crippen LogP contribution in [0.1, 0.15) is 65.0 Å². The molecule has 206 valence electrons. The number of hydrogen-bond acceptors (Lipinski definition) is 8. The lowest BCUT2D eigenvalue weighted by Gasteiger charge is -2.05. The predicted molar refractivity (Wildman–Crippen MR) is 144 cm³/mol. The molecule has 8 heteroatoms. The number of benzene rings is 2. The molecule has 0 bridgehead atoms. The molecule has 0 amide bonds. The van der Waals surface area contributed by atoms with E-state index in [0.717, 1.165) is 43.2 Å². The van der Waals surface area contributed by atoms with Gasteiger partial charge in [0.15, 0.2) is 0 Å². The Balaban J connectivity index is 0.000000682. The van der Waals surface area contributed by atoms with Gasteiger partial charge in [-0.3, -0.25) is 0 Å². The molecule has 0 unspecified atom stereocenters. The van der Waals surface area contributed by atoms with Crippen molar-refractivity contribution in [1.29, 1.82) is 0 Å². The number of aliphatic hydroxyl groups excluding tert-OH is 2. The first kappa shape index (κ1) is 33.8. The van der Waals surface area contributed by atoms with Crippen molar-refractivity contribution in [1.82, 2.24) is 0 Å². The summed E-state index contributed by atoms with van der Waals surface area (Å²) in [7, 11) is 2.73. The first-order chi connectivity index (χ1) is 17.5. The van der Waals surface area contributed by atoms with Gasteiger partial charge in [0.05, 0.1) is 44.8 Å². The molecule has 0 fully saturated rings. The van der Waals surface area contributed by atoms with Crippen molar-refractivity contribution in [3.63, 3.8) is 0 Å². The van der Waals surface area contributed by atoms with Gasteiger partial charge in [0.1, 0.15) is 0 Å². The van der Waals surface area contributed by atoms with Crippen LogP contribution < -0.4 is 0 Å². The minimum absolute atomic E-state index is 0. The lowest BCUT2D eigenvalue weighted by Crippen LogP contribution is -2.03. The molecule has 2 rings (SSSR count). The molecule has 8 nitrogen and oxygen atoms in total. The van der Waals surface area contributed by atoms with Crippen LogP contribution in [0.5, 0.6) is 0 Å². The second-order valence-corrected chi connectivity index (χ2v) is 7.70. The first-order valence-electron chi connectivity index (χ1n) is 12.0. The Morgan fingerprint density at radius 1 is 0.730 bits per heavy atom. The maximum atomic E-state index is 11.2. The van der Waals surface area contributed by atoms with Crippen LogP contribution in [0.2, 0.25) is 0 Å². The van der Waals surface area contributed by atoms with Crippen molar-refractivity contribution in [3.8, 4) is 0 Å². The van der Waals surface area contributed by atoms with E-state index in [0.29, 0.717) is 30.9 Å². The molecule has 2 N–H and O–H groups in total. The van der Waals surface area contributed by atoms with Crippen molar-refractivity contribution in [2.45, 2.75) is 39.5 Å². The van der Waals surface area contributed by atoms with Crippen LogP contribution in [0.3, 0.4) is 0 Å². The Morgan fingerprint density at radius 3 is 1.76 bits per heavy atom. The topological polar surface area (TPSA) is 112 Å². The van der Waals surface area contributed by atoms with Gasteiger partial charge in [0.25, 0.3) is 0 Å². The van der Waals surface area contributed by atoms with Gasteiger partial charge < -0.3 is 29.2 Å². The Kier molecular flexibility index (Phi) is 20.1. The molecule has 0 aliphatic rings. The number of rotatable bonds is 15. The summed E-state index contributed by atoms with van der Waals surface area (Å²) in [5, 5.41) is 17.2. The molecular formula is C29H42O8. The third kappa shape index (κ3) is 15.5. The largest absolute Gasteiger partial charge is 0.501 e. The van der Waals surface area contributed by atoms with Gasteiger partial charge in [-0.2, -0.15) is 0 Å². The van der Waals surface area contributed by atoms with Gasteiger partial charge in [-0.1, -0.05) is 31.7 Å². The number of aliphatic hydroxyl groups is 2. The van der Waals surface area contributed by atoms with Crippen LogP contribution in [-0.4, -0.2) is 69.4 Å². The smallest absolute Gasteiger partial charge is 0.337 e. The molecule has 2 aromatic rings. The molecule has 0 saturated carbocycles. The fourth-order valence-electron chi connectivity index (χ4n) is 2.87. The molecule has 37 heavy (non-hydrogen) atoms. The van der Waals surface area contributed by atoms with E-state index in [1.807, 2.05) is 30.3 Å².